The van der Waals surface area contributed by atoms with Crippen LogP contribution in [0.3, 0.4) is 0 Å². The van der Waals surface area contributed by atoms with Gasteiger partial charge >= 0.3 is 0 Å². The maximum Gasteiger partial charge on any atom is 0.257 e. The van der Waals surface area contributed by atoms with Gasteiger partial charge in [-0.15, -0.1) is 0 Å². The Balaban J connectivity index is 1.65. The fourth-order valence-corrected chi connectivity index (χ4v) is 4.24. The average Bonchev–Trinajstić information content (AvgIpc) is 3.38. The lowest BCUT2D eigenvalue weighted by atomic mass is 9.94. The SMILES string of the molecule is Cc1ccccc1C(=O)Nc1nc(-c2ccco2)c(C(=O)C2CCOCC2)s1. The van der Waals surface area contributed by atoms with E-state index in [1.807, 2.05) is 25.1 Å². The molecule has 6 nitrogen and oxygen atoms in total. The van der Waals surface area contributed by atoms with Gasteiger partial charge in [0.05, 0.1) is 6.26 Å². The number of hydrogen-bond acceptors (Lipinski definition) is 6. The van der Waals surface area contributed by atoms with Gasteiger partial charge in [-0.2, -0.15) is 0 Å². The van der Waals surface area contributed by atoms with Crippen LogP contribution in [-0.4, -0.2) is 29.9 Å². The average molecular weight is 396 g/mol. The number of aryl methyl sites for hydroxylation is 1. The molecular weight excluding hydrogens is 376 g/mol. The fraction of sp³-hybridized carbons (Fsp3) is 0.286. The van der Waals surface area contributed by atoms with Gasteiger partial charge in [-0.1, -0.05) is 29.5 Å². The van der Waals surface area contributed by atoms with E-state index in [9.17, 15) is 9.59 Å². The molecule has 1 N–H and O–H groups in total. The number of anilines is 1. The summed E-state index contributed by atoms with van der Waals surface area (Å²) in [5.74, 6) is 0.206. The van der Waals surface area contributed by atoms with Gasteiger partial charge in [0, 0.05) is 24.7 Å². The van der Waals surface area contributed by atoms with Crippen molar-refractivity contribution in [2.75, 3.05) is 18.5 Å². The summed E-state index contributed by atoms with van der Waals surface area (Å²) < 4.78 is 10.8. The second kappa shape index (κ2) is 8.08. The fourth-order valence-electron chi connectivity index (χ4n) is 3.26. The van der Waals surface area contributed by atoms with Crippen molar-refractivity contribution in [1.29, 1.82) is 0 Å². The molecule has 1 amide bonds. The number of hydrogen-bond donors (Lipinski definition) is 1. The molecule has 1 aliphatic rings. The topological polar surface area (TPSA) is 81.4 Å². The van der Waals surface area contributed by atoms with Gasteiger partial charge in [-0.05, 0) is 43.5 Å². The minimum Gasteiger partial charge on any atom is -0.463 e. The Bertz CT molecular complexity index is 988. The molecule has 7 heteroatoms. The van der Waals surface area contributed by atoms with E-state index in [2.05, 4.69) is 10.3 Å². The maximum atomic E-state index is 13.1. The lowest BCUT2D eigenvalue weighted by Gasteiger charge is -2.20. The first-order valence-electron chi connectivity index (χ1n) is 9.17. The lowest BCUT2D eigenvalue weighted by Crippen LogP contribution is -2.23. The third-order valence-corrected chi connectivity index (χ3v) is 5.79. The van der Waals surface area contributed by atoms with E-state index < -0.39 is 0 Å². The normalized spacial score (nSPS) is 14.8. The van der Waals surface area contributed by atoms with Gasteiger partial charge in [0.15, 0.2) is 16.7 Å². The van der Waals surface area contributed by atoms with E-state index in [0.717, 1.165) is 5.56 Å². The molecule has 1 aliphatic heterocycles. The molecule has 2 aromatic heterocycles. The number of ether oxygens (including phenoxy) is 1. The second-order valence-electron chi connectivity index (χ2n) is 6.69. The molecular formula is C21H20N2O4S. The number of furan rings is 1. The van der Waals surface area contributed by atoms with E-state index in [1.54, 1.807) is 24.5 Å². The molecule has 144 valence electrons. The molecule has 0 atom stereocenters. The van der Waals surface area contributed by atoms with Crippen LogP contribution in [0.25, 0.3) is 11.5 Å². The predicted octanol–water partition coefficient (Wildman–Crippen LogP) is 4.57. The number of rotatable bonds is 5. The van der Waals surface area contributed by atoms with Gasteiger partial charge in [-0.3, -0.25) is 14.9 Å². The van der Waals surface area contributed by atoms with Crippen molar-refractivity contribution in [1.82, 2.24) is 4.98 Å². The molecule has 0 saturated carbocycles. The molecule has 0 radical (unpaired) electrons. The number of amides is 1. The van der Waals surface area contributed by atoms with Crippen molar-refractivity contribution in [3.63, 3.8) is 0 Å². The molecule has 1 saturated heterocycles. The van der Waals surface area contributed by atoms with Gasteiger partial charge < -0.3 is 9.15 Å². The Labute approximate surface area is 166 Å². The first kappa shape index (κ1) is 18.6. The smallest absolute Gasteiger partial charge is 0.257 e. The molecule has 3 heterocycles. The molecule has 3 aromatic rings. The largest absolute Gasteiger partial charge is 0.463 e. The number of carbonyl (C=O) groups excluding carboxylic acids is 2. The van der Waals surface area contributed by atoms with E-state index in [4.69, 9.17) is 9.15 Å². The van der Waals surface area contributed by atoms with Crippen LogP contribution in [0.4, 0.5) is 5.13 Å². The van der Waals surface area contributed by atoms with Crippen molar-refractivity contribution >= 4 is 28.2 Å². The summed E-state index contributed by atoms with van der Waals surface area (Å²) in [4.78, 5) is 30.8. The highest BCUT2D eigenvalue weighted by Crippen LogP contribution is 2.35. The van der Waals surface area contributed by atoms with Crippen molar-refractivity contribution in [3.05, 3.63) is 58.7 Å². The zero-order chi connectivity index (χ0) is 19.5. The number of ketones is 1. The van der Waals surface area contributed by atoms with Crippen LogP contribution in [0.1, 0.15) is 38.4 Å². The van der Waals surface area contributed by atoms with Crippen LogP contribution < -0.4 is 5.32 Å². The first-order valence-corrected chi connectivity index (χ1v) is 9.99. The lowest BCUT2D eigenvalue weighted by molar-refractivity contribution is 0.0547. The third kappa shape index (κ3) is 3.76. The number of thiazole rings is 1. The highest BCUT2D eigenvalue weighted by molar-refractivity contribution is 7.18. The molecule has 0 aliphatic carbocycles. The van der Waals surface area contributed by atoms with Crippen LogP contribution in [0.5, 0.6) is 0 Å². The number of benzene rings is 1. The summed E-state index contributed by atoms with van der Waals surface area (Å²) in [6.45, 7) is 3.05. The summed E-state index contributed by atoms with van der Waals surface area (Å²) in [5, 5.41) is 3.21. The van der Waals surface area contributed by atoms with Crippen LogP contribution in [0.15, 0.2) is 47.1 Å². The van der Waals surface area contributed by atoms with E-state index in [0.29, 0.717) is 53.1 Å². The zero-order valence-corrected chi connectivity index (χ0v) is 16.3. The predicted molar refractivity (Wildman–Crippen MR) is 107 cm³/mol. The number of carbonyl (C=O) groups is 2. The number of aromatic nitrogens is 1. The molecule has 1 aromatic carbocycles. The Morgan fingerprint density at radius 2 is 1.93 bits per heavy atom. The summed E-state index contributed by atoms with van der Waals surface area (Å²) >= 11 is 1.19. The molecule has 4 rings (SSSR count). The van der Waals surface area contributed by atoms with Gasteiger partial charge in [0.2, 0.25) is 0 Å². The molecule has 0 bridgehead atoms. The van der Waals surface area contributed by atoms with Crippen LogP contribution >= 0.6 is 11.3 Å². The highest BCUT2D eigenvalue weighted by Gasteiger charge is 2.29. The van der Waals surface area contributed by atoms with Gasteiger partial charge in [0.25, 0.3) is 5.91 Å². The zero-order valence-electron chi connectivity index (χ0n) is 15.4. The quantitative estimate of drug-likeness (QED) is 0.639. The maximum absolute atomic E-state index is 13.1. The minimum absolute atomic E-state index is 0.0311. The standard InChI is InChI=1S/C21H20N2O4S/c1-13-5-2-3-6-15(13)20(25)23-21-22-17(16-7-4-10-27-16)19(28-21)18(24)14-8-11-26-12-9-14/h2-7,10,14H,8-9,11-12H2,1H3,(H,22,23,25). The van der Waals surface area contributed by atoms with Crippen LogP contribution in [-0.2, 0) is 4.74 Å². The summed E-state index contributed by atoms with van der Waals surface area (Å²) in [6.07, 6.45) is 2.93. The van der Waals surface area contributed by atoms with Crippen molar-refractivity contribution in [3.8, 4) is 11.5 Å². The van der Waals surface area contributed by atoms with E-state index in [1.165, 1.54) is 11.3 Å². The summed E-state index contributed by atoms with van der Waals surface area (Å²) in [5.41, 5.74) is 1.93. The molecule has 0 unspecified atom stereocenters. The van der Waals surface area contributed by atoms with Crippen molar-refractivity contribution < 1.29 is 18.7 Å². The Kier molecular flexibility index (Phi) is 5.36. The molecule has 0 spiro atoms. The third-order valence-electron chi connectivity index (χ3n) is 4.81. The minimum atomic E-state index is -0.247. The number of nitrogens with zero attached hydrogens (tertiary/aromatic N) is 1. The van der Waals surface area contributed by atoms with Crippen LogP contribution in [0, 0.1) is 12.8 Å². The second-order valence-corrected chi connectivity index (χ2v) is 7.69. The Morgan fingerprint density at radius 3 is 2.64 bits per heavy atom. The van der Waals surface area contributed by atoms with Gasteiger partial charge in [-0.25, -0.2) is 4.98 Å². The highest BCUT2D eigenvalue weighted by atomic mass is 32.1. The monoisotopic (exact) mass is 396 g/mol. The molecule has 28 heavy (non-hydrogen) atoms. The summed E-state index contributed by atoms with van der Waals surface area (Å²) in [6, 6.07) is 10.9. The molecule has 1 fully saturated rings. The summed E-state index contributed by atoms with van der Waals surface area (Å²) in [7, 11) is 0. The number of nitrogens with one attached hydrogen (secondary N) is 1. The van der Waals surface area contributed by atoms with Gasteiger partial charge in [0.1, 0.15) is 10.6 Å². The van der Waals surface area contributed by atoms with Crippen molar-refractivity contribution in [2.24, 2.45) is 5.92 Å². The van der Waals surface area contributed by atoms with Crippen molar-refractivity contribution in [2.45, 2.75) is 19.8 Å². The Hall–Kier alpha value is -2.77. The Morgan fingerprint density at radius 1 is 1.14 bits per heavy atom. The van der Waals surface area contributed by atoms with E-state index >= 15 is 0 Å². The number of Topliss-reactive ketones (excluding diaryl/α,β-unsaturated/α-hetero) is 1. The van der Waals surface area contributed by atoms with E-state index in [-0.39, 0.29) is 17.6 Å². The van der Waals surface area contributed by atoms with Crippen LogP contribution in [0.2, 0.25) is 0 Å². The first-order chi connectivity index (χ1) is 13.6.